The third-order valence-electron chi connectivity index (χ3n) is 3.69. The number of anilines is 1. The number of hydrazone groups is 1. The average molecular weight is 464 g/mol. The fraction of sp³-hybridized carbons (Fsp3) is 0.105. The Balaban J connectivity index is 1.67. The molecule has 0 bridgehead atoms. The maximum Gasteiger partial charge on any atom is 0.285 e. The van der Waals surface area contributed by atoms with E-state index in [1.54, 1.807) is 25.5 Å². The van der Waals surface area contributed by atoms with Crippen LogP contribution in [0.1, 0.15) is 11.1 Å². The summed E-state index contributed by atoms with van der Waals surface area (Å²) in [6.45, 7) is 0.423. The molecule has 2 aromatic carbocycles. The normalized spacial score (nSPS) is 10.8. The summed E-state index contributed by atoms with van der Waals surface area (Å²) in [7, 11) is 1.57. The first kappa shape index (κ1) is 19.9. The van der Waals surface area contributed by atoms with E-state index in [0.29, 0.717) is 23.8 Å². The van der Waals surface area contributed by atoms with Gasteiger partial charge in [-0.2, -0.15) is 10.2 Å². The monoisotopic (exact) mass is 462 g/mol. The second-order valence-corrected chi connectivity index (χ2v) is 6.92. The van der Waals surface area contributed by atoms with Crippen LogP contribution in [-0.2, 0) is 6.61 Å². The molecule has 0 aliphatic heterocycles. The minimum Gasteiger partial charge on any atom is -0.493 e. The van der Waals surface area contributed by atoms with Gasteiger partial charge >= 0.3 is 0 Å². The minimum absolute atomic E-state index is 0.0126. The van der Waals surface area contributed by atoms with Crippen LogP contribution >= 0.6 is 27.5 Å². The second-order valence-electron chi connectivity index (χ2n) is 5.62. The van der Waals surface area contributed by atoms with Crippen molar-refractivity contribution in [3.8, 4) is 11.5 Å². The van der Waals surface area contributed by atoms with Crippen LogP contribution in [0.4, 0.5) is 5.69 Å². The summed E-state index contributed by atoms with van der Waals surface area (Å²) in [6, 6.07) is 13.3. The number of benzene rings is 2. The van der Waals surface area contributed by atoms with E-state index in [-0.39, 0.29) is 5.02 Å². The van der Waals surface area contributed by atoms with E-state index >= 15 is 0 Å². The number of rotatable bonds is 7. The summed E-state index contributed by atoms with van der Waals surface area (Å²) >= 11 is 9.29. The van der Waals surface area contributed by atoms with Crippen LogP contribution in [0.2, 0.25) is 5.02 Å². The van der Waals surface area contributed by atoms with Crippen LogP contribution < -0.4 is 20.5 Å². The molecule has 144 valence electrons. The lowest BCUT2D eigenvalue weighted by atomic mass is 10.2. The van der Waals surface area contributed by atoms with Crippen LogP contribution in [0.25, 0.3) is 0 Å². The summed E-state index contributed by atoms with van der Waals surface area (Å²) in [5.74, 6) is 1.20. The van der Waals surface area contributed by atoms with Gasteiger partial charge in [0.15, 0.2) is 11.5 Å². The average Bonchev–Trinajstić information content (AvgIpc) is 2.71. The minimum atomic E-state index is -0.490. The number of H-pyrrole nitrogens is 1. The Kier molecular flexibility index (Phi) is 6.67. The number of hydrogen-bond donors (Lipinski definition) is 2. The topological polar surface area (TPSA) is 88.6 Å². The van der Waals surface area contributed by atoms with Crippen molar-refractivity contribution in [3.05, 3.63) is 79.6 Å². The fourth-order valence-corrected chi connectivity index (χ4v) is 2.66. The van der Waals surface area contributed by atoms with Gasteiger partial charge in [-0.1, -0.05) is 39.7 Å². The molecule has 0 aliphatic rings. The van der Waals surface area contributed by atoms with E-state index in [0.717, 1.165) is 15.6 Å². The SMILES string of the molecule is COc1cc(/C=N\Nc2cn[nH]c(=O)c2Cl)ccc1OCc1ccc(Br)cc1. The third kappa shape index (κ3) is 5.11. The highest BCUT2D eigenvalue weighted by Gasteiger charge is 2.06. The number of methoxy groups -OCH3 is 1. The van der Waals surface area contributed by atoms with E-state index in [1.807, 2.05) is 30.3 Å². The highest BCUT2D eigenvalue weighted by atomic mass is 79.9. The molecule has 3 aromatic rings. The number of hydrogen-bond acceptors (Lipinski definition) is 6. The molecule has 1 heterocycles. The first-order chi connectivity index (χ1) is 13.6. The predicted octanol–water partition coefficient (Wildman–Crippen LogP) is 4.22. The van der Waals surface area contributed by atoms with Crippen molar-refractivity contribution in [1.82, 2.24) is 10.2 Å². The molecule has 28 heavy (non-hydrogen) atoms. The van der Waals surface area contributed by atoms with Crippen molar-refractivity contribution in [3.63, 3.8) is 0 Å². The van der Waals surface area contributed by atoms with Gasteiger partial charge in [0.2, 0.25) is 0 Å². The summed E-state index contributed by atoms with van der Waals surface area (Å²) in [5, 5.41) is 9.95. The van der Waals surface area contributed by atoms with Crippen molar-refractivity contribution >= 4 is 39.4 Å². The second kappa shape index (κ2) is 9.38. The quantitative estimate of drug-likeness (QED) is 0.404. The van der Waals surface area contributed by atoms with Crippen molar-refractivity contribution < 1.29 is 9.47 Å². The first-order valence-electron chi connectivity index (χ1n) is 8.14. The lowest BCUT2D eigenvalue weighted by molar-refractivity contribution is 0.284. The number of nitrogens with zero attached hydrogens (tertiary/aromatic N) is 2. The molecule has 0 saturated heterocycles. The van der Waals surface area contributed by atoms with Gasteiger partial charge in [0.25, 0.3) is 5.56 Å². The van der Waals surface area contributed by atoms with E-state index in [1.165, 1.54) is 6.20 Å². The Hall–Kier alpha value is -2.84. The van der Waals surface area contributed by atoms with E-state index in [4.69, 9.17) is 21.1 Å². The van der Waals surface area contributed by atoms with Crippen molar-refractivity contribution in [2.45, 2.75) is 6.61 Å². The van der Waals surface area contributed by atoms with Gasteiger partial charge in [0, 0.05) is 4.47 Å². The highest BCUT2D eigenvalue weighted by molar-refractivity contribution is 9.10. The Bertz CT molecular complexity index is 1040. The molecular formula is C19H16BrClN4O3. The van der Waals surface area contributed by atoms with E-state index < -0.39 is 5.56 Å². The van der Waals surface area contributed by atoms with Gasteiger partial charge < -0.3 is 9.47 Å². The Morgan fingerprint density at radius 3 is 2.79 bits per heavy atom. The summed E-state index contributed by atoms with van der Waals surface area (Å²) in [6.07, 6.45) is 2.94. The Morgan fingerprint density at radius 2 is 2.04 bits per heavy atom. The summed E-state index contributed by atoms with van der Waals surface area (Å²) in [5.41, 5.74) is 4.32. The number of nitrogens with one attached hydrogen (secondary N) is 2. The van der Waals surface area contributed by atoms with Gasteiger partial charge in [-0.05, 0) is 41.5 Å². The zero-order chi connectivity index (χ0) is 19.9. The molecule has 0 radical (unpaired) electrons. The van der Waals surface area contributed by atoms with Crippen LogP contribution in [0, 0.1) is 0 Å². The van der Waals surface area contributed by atoms with Crippen LogP contribution in [0.15, 0.2) is 63.0 Å². The van der Waals surface area contributed by atoms with E-state index in [9.17, 15) is 4.79 Å². The van der Waals surface area contributed by atoms with Crippen molar-refractivity contribution in [1.29, 1.82) is 0 Å². The molecular weight excluding hydrogens is 448 g/mol. The number of ether oxygens (including phenoxy) is 2. The van der Waals surface area contributed by atoms with Crippen molar-refractivity contribution in [2.24, 2.45) is 5.10 Å². The van der Waals surface area contributed by atoms with Gasteiger partial charge in [0.05, 0.1) is 19.5 Å². The van der Waals surface area contributed by atoms with Crippen LogP contribution in [0.5, 0.6) is 11.5 Å². The van der Waals surface area contributed by atoms with Gasteiger partial charge in [-0.15, -0.1) is 0 Å². The van der Waals surface area contributed by atoms with Gasteiger partial charge in [0.1, 0.15) is 17.3 Å². The molecule has 0 aliphatic carbocycles. The summed E-state index contributed by atoms with van der Waals surface area (Å²) in [4.78, 5) is 11.4. The Morgan fingerprint density at radius 1 is 1.25 bits per heavy atom. The molecule has 0 amide bonds. The zero-order valence-corrected chi connectivity index (χ0v) is 17.1. The molecule has 0 atom stereocenters. The molecule has 0 saturated carbocycles. The molecule has 0 spiro atoms. The standard InChI is InChI=1S/C19H16BrClN4O3/c1-27-17-8-13(9-22-24-15-10-23-25-19(26)18(15)21)4-7-16(17)28-11-12-2-5-14(20)6-3-12/h2-10H,11H2,1H3,(H2,24,25,26)/b22-9-. The predicted molar refractivity (Wildman–Crippen MR) is 113 cm³/mol. The smallest absolute Gasteiger partial charge is 0.285 e. The molecule has 1 aromatic heterocycles. The Labute approximate surface area is 174 Å². The van der Waals surface area contributed by atoms with Crippen LogP contribution in [-0.4, -0.2) is 23.5 Å². The van der Waals surface area contributed by atoms with E-state index in [2.05, 4.69) is 36.7 Å². The zero-order valence-electron chi connectivity index (χ0n) is 14.8. The lowest BCUT2D eigenvalue weighted by Gasteiger charge is -2.11. The number of aromatic amines is 1. The fourth-order valence-electron chi connectivity index (χ4n) is 2.26. The van der Waals surface area contributed by atoms with Gasteiger partial charge in [-0.25, -0.2) is 5.10 Å². The number of halogens is 2. The molecule has 2 N–H and O–H groups in total. The molecule has 0 unspecified atom stereocenters. The van der Waals surface area contributed by atoms with Gasteiger partial charge in [-0.3, -0.25) is 10.2 Å². The molecule has 0 fully saturated rings. The van der Waals surface area contributed by atoms with Crippen LogP contribution in [0.3, 0.4) is 0 Å². The maximum atomic E-state index is 11.4. The van der Waals surface area contributed by atoms with Crippen molar-refractivity contribution in [2.75, 3.05) is 12.5 Å². The number of aromatic nitrogens is 2. The largest absolute Gasteiger partial charge is 0.493 e. The molecule has 7 nitrogen and oxygen atoms in total. The maximum absolute atomic E-state index is 11.4. The molecule has 9 heteroatoms. The summed E-state index contributed by atoms with van der Waals surface area (Å²) < 4.78 is 12.3. The molecule has 3 rings (SSSR count). The highest BCUT2D eigenvalue weighted by Crippen LogP contribution is 2.28. The third-order valence-corrected chi connectivity index (χ3v) is 4.59. The lowest BCUT2D eigenvalue weighted by Crippen LogP contribution is -2.10. The first-order valence-corrected chi connectivity index (χ1v) is 9.31.